The van der Waals surface area contributed by atoms with Crippen LogP contribution in [0.4, 0.5) is 8.78 Å². The SMILES string of the molecule is C=C/C=C\C=C(/C)c1cc2[n+](cc1C)C(=C)C1C(CCc3c(F)cc(F)cc3-2)c2cccc3c2C2N(C=CN12)CC3. The van der Waals surface area contributed by atoms with Gasteiger partial charge >= 0.3 is 0 Å². The number of nitrogens with zero attached hydrogens (tertiary/aromatic N) is 3. The van der Waals surface area contributed by atoms with Crippen LogP contribution in [-0.2, 0) is 12.8 Å². The summed E-state index contributed by atoms with van der Waals surface area (Å²) in [6.45, 7) is 13.6. The summed E-state index contributed by atoms with van der Waals surface area (Å²) in [6, 6.07) is 11.2. The molecule has 5 heteroatoms. The lowest BCUT2D eigenvalue weighted by Crippen LogP contribution is -2.53. The molecule has 0 radical (unpaired) electrons. The van der Waals surface area contributed by atoms with E-state index < -0.39 is 11.6 Å². The Morgan fingerprint density at radius 3 is 2.78 bits per heavy atom. The third-order valence-corrected chi connectivity index (χ3v) is 9.36. The molecule has 0 fully saturated rings. The first-order valence-electron chi connectivity index (χ1n) is 14.4. The van der Waals surface area contributed by atoms with Gasteiger partial charge in [-0.25, -0.2) is 8.78 Å². The number of aryl methyl sites for hydroxylation is 1. The summed E-state index contributed by atoms with van der Waals surface area (Å²) in [5, 5.41) is 0. The van der Waals surface area contributed by atoms with Gasteiger partial charge in [0, 0.05) is 53.7 Å². The van der Waals surface area contributed by atoms with E-state index in [1.165, 1.54) is 22.8 Å². The molecule has 0 amide bonds. The molecule has 0 saturated heterocycles. The molecule has 1 aromatic heterocycles. The maximum Gasteiger partial charge on any atom is 0.219 e. The van der Waals surface area contributed by atoms with Gasteiger partial charge in [0.1, 0.15) is 23.8 Å². The van der Waals surface area contributed by atoms with Crippen molar-refractivity contribution in [1.29, 1.82) is 0 Å². The predicted molar refractivity (Wildman–Crippen MR) is 160 cm³/mol. The topological polar surface area (TPSA) is 10.4 Å². The van der Waals surface area contributed by atoms with Gasteiger partial charge in [-0.2, -0.15) is 4.57 Å². The number of fused-ring (bicyclic) bond motifs is 6. The average Bonchev–Trinajstić information content (AvgIpc) is 3.40. The van der Waals surface area contributed by atoms with E-state index in [2.05, 4.69) is 77.7 Å². The van der Waals surface area contributed by atoms with Gasteiger partial charge < -0.3 is 9.80 Å². The van der Waals surface area contributed by atoms with Crippen LogP contribution >= 0.6 is 0 Å². The molecule has 3 unspecified atom stereocenters. The van der Waals surface area contributed by atoms with Gasteiger partial charge in [0.25, 0.3) is 0 Å². The predicted octanol–water partition coefficient (Wildman–Crippen LogP) is 7.60. The van der Waals surface area contributed by atoms with Crippen LogP contribution in [0.2, 0.25) is 0 Å². The standard InChI is InChI=1S/C36H34F2N3/c1-5-6-7-9-22(2)30-20-33-31-18-26(37)19-32(38)27(31)12-13-29-28-11-8-10-25-14-15-39-16-17-40(36(39)34(25)28)35(29)24(4)41(33)21-23(30)3/h5-11,16-21,29,35-36H,1,4,12-15H2,2-3H3/q+1/b7-6-,22-9+. The van der Waals surface area contributed by atoms with E-state index in [1.807, 2.05) is 18.2 Å². The van der Waals surface area contributed by atoms with Crippen molar-refractivity contribution < 1.29 is 13.3 Å². The van der Waals surface area contributed by atoms with Crippen molar-refractivity contribution in [2.45, 2.75) is 51.2 Å². The van der Waals surface area contributed by atoms with Gasteiger partial charge in [-0.15, -0.1) is 0 Å². The molecule has 0 spiro atoms. The third kappa shape index (κ3) is 3.93. The van der Waals surface area contributed by atoms with Crippen LogP contribution in [0.25, 0.3) is 22.5 Å². The lowest BCUT2D eigenvalue weighted by Gasteiger charge is -2.48. The second kappa shape index (κ2) is 9.69. The lowest BCUT2D eigenvalue weighted by atomic mass is 9.75. The molecule has 3 atom stereocenters. The van der Waals surface area contributed by atoms with Crippen LogP contribution in [0, 0.1) is 18.6 Å². The Labute approximate surface area is 240 Å². The summed E-state index contributed by atoms with van der Waals surface area (Å²) in [6.07, 6.45) is 16.5. The molecule has 4 aliphatic heterocycles. The Bertz CT molecular complexity index is 1710. The highest BCUT2D eigenvalue weighted by Gasteiger charge is 2.50. The highest BCUT2D eigenvalue weighted by atomic mass is 19.1. The molecule has 3 aromatic rings. The molecule has 206 valence electrons. The van der Waals surface area contributed by atoms with Crippen LogP contribution < -0.4 is 4.57 Å². The number of allylic oxidation sites excluding steroid dienone is 5. The molecule has 4 aliphatic rings. The summed E-state index contributed by atoms with van der Waals surface area (Å²) < 4.78 is 32.6. The largest absolute Gasteiger partial charge is 0.352 e. The van der Waals surface area contributed by atoms with E-state index in [4.69, 9.17) is 6.58 Å². The van der Waals surface area contributed by atoms with Crippen LogP contribution in [0.15, 0.2) is 92.5 Å². The summed E-state index contributed by atoms with van der Waals surface area (Å²) in [4.78, 5) is 4.88. The zero-order valence-electron chi connectivity index (χ0n) is 23.6. The molecular formula is C36H34F2N3+. The summed E-state index contributed by atoms with van der Waals surface area (Å²) in [7, 11) is 0. The maximum absolute atomic E-state index is 15.6. The Morgan fingerprint density at radius 1 is 1.10 bits per heavy atom. The van der Waals surface area contributed by atoms with Gasteiger partial charge in [0.2, 0.25) is 11.4 Å². The minimum Gasteiger partial charge on any atom is -0.352 e. The summed E-state index contributed by atoms with van der Waals surface area (Å²) in [5.41, 5.74) is 10.1. The number of pyridine rings is 1. The van der Waals surface area contributed by atoms with Crippen molar-refractivity contribution in [2.75, 3.05) is 6.54 Å². The second-order valence-corrected chi connectivity index (χ2v) is 11.6. The number of benzene rings is 2. The molecule has 0 N–H and O–H groups in total. The van der Waals surface area contributed by atoms with Crippen LogP contribution in [0.3, 0.4) is 0 Å². The van der Waals surface area contributed by atoms with Crippen molar-refractivity contribution in [2.24, 2.45) is 0 Å². The molecule has 0 aliphatic carbocycles. The second-order valence-electron chi connectivity index (χ2n) is 11.6. The van der Waals surface area contributed by atoms with E-state index in [-0.39, 0.29) is 18.1 Å². The van der Waals surface area contributed by atoms with Gasteiger partial charge in [0.15, 0.2) is 6.20 Å². The molecule has 3 nitrogen and oxygen atoms in total. The maximum atomic E-state index is 15.6. The molecule has 0 saturated carbocycles. The van der Waals surface area contributed by atoms with Gasteiger partial charge in [-0.3, -0.25) is 0 Å². The molecular weight excluding hydrogens is 512 g/mol. The Morgan fingerprint density at radius 2 is 1.95 bits per heavy atom. The van der Waals surface area contributed by atoms with Crippen molar-refractivity contribution in [3.05, 3.63) is 137 Å². The zero-order chi connectivity index (χ0) is 28.4. The van der Waals surface area contributed by atoms with E-state index in [1.54, 1.807) is 6.08 Å². The number of hydrogen-bond donors (Lipinski definition) is 0. The normalized spacial score (nSPS) is 22.5. The molecule has 41 heavy (non-hydrogen) atoms. The summed E-state index contributed by atoms with van der Waals surface area (Å²) in [5.74, 6) is -0.954. The van der Waals surface area contributed by atoms with Crippen molar-refractivity contribution in [3.8, 4) is 11.3 Å². The number of hydrogen-bond acceptors (Lipinski definition) is 2. The van der Waals surface area contributed by atoms with Crippen molar-refractivity contribution >= 4 is 11.3 Å². The molecule has 5 heterocycles. The van der Waals surface area contributed by atoms with Crippen molar-refractivity contribution in [3.63, 3.8) is 0 Å². The number of halogens is 2. The minimum absolute atomic E-state index is 0.0366. The van der Waals surface area contributed by atoms with Crippen molar-refractivity contribution in [1.82, 2.24) is 9.80 Å². The minimum atomic E-state index is -0.572. The fraction of sp³-hybridized carbons (Fsp3) is 0.250. The fourth-order valence-electron chi connectivity index (χ4n) is 7.51. The number of rotatable bonds is 3. The molecule has 7 rings (SSSR count). The monoisotopic (exact) mass is 546 g/mol. The van der Waals surface area contributed by atoms with Crippen LogP contribution in [0.5, 0.6) is 0 Å². The quantitative estimate of drug-likeness (QED) is 0.247. The van der Waals surface area contributed by atoms with E-state index in [0.717, 1.165) is 53.5 Å². The first-order valence-corrected chi connectivity index (χ1v) is 14.4. The zero-order valence-corrected chi connectivity index (χ0v) is 23.6. The van der Waals surface area contributed by atoms with Gasteiger partial charge in [0.05, 0.1) is 5.56 Å². The molecule has 2 aromatic carbocycles. The van der Waals surface area contributed by atoms with Gasteiger partial charge in [-0.05, 0) is 68.0 Å². The van der Waals surface area contributed by atoms with E-state index in [0.29, 0.717) is 17.5 Å². The Kier molecular flexibility index (Phi) is 6.07. The highest BCUT2D eigenvalue weighted by molar-refractivity contribution is 5.73. The van der Waals surface area contributed by atoms with E-state index >= 15 is 4.39 Å². The van der Waals surface area contributed by atoms with Crippen LogP contribution in [-0.4, -0.2) is 22.4 Å². The lowest BCUT2D eigenvalue weighted by molar-refractivity contribution is -0.574. The van der Waals surface area contributed by atoms with Crippen LogP contribution in [0.1, 0.15) is 58.8 Å². The summed E-state index contributed by atoms with van der Waals surface area (Å²) >= 11 is 0. The first-order chi connectivity index (χ1) is 19.9. The Balaban J connectivity index is 1.48. The van der Waals surface area contributed by atoms with Gasteiger partial charge in [-0.1, -0.05) is 49.1 Å². The smallest absolute Gasteiger partial charge is 0.219 e. The highest BCUT2D eigenvalue weighted by Crippen LogP contribution is 2.51. The molecule has 0 bridgehead atoms. The third-order valence-electron chi connectivity index (χ3n) is 9.36. The Hall–Kier alpha value is -4.25. The fourth-order valence-corrected chi connectivity index (χ4v) is 7.51. The average molecular weight is 547 g/mol. The van der Waals surface area contributed by atoms with E-state index in [9.17, 15) is 4.39 Å². The first kappa shape index (κ1) is 25.7. The number of aromatic nitrogens is 1.